The maximum Gasteiger partial charge on any atom is 0.245 e. The largest absolute Gasteiger partial charge is 0.383 e. The van der Waals surface area contributed by atoms with Crippen molar-refractivity contribution in [2.24, 2.45) is 0 Å². The molecule has 0 aliphatic carbocycles. The zero-order chi connectivity index (χ0) is 18.1. The number of amides is 1. The molecule has 132 valence electrons. The van der Waals surface area contributed by atoms with Crippen molar-refractivity contribution in [2.75, 3.05) is 17.6 Å². The number of para-hydroxylation sites is 1. The molecule has 4 rings (SSSR count). The number of nitrogens with two attached hydrogens (primary N) is 1. The number of nitrogen functional groups attached to an aromatic ring is 1. The minimum atomic E-state index is -0.319. The predicted molar refractivity (Wildman–Crippen MR) is 103 cm³/mol. The van der Waals surface area contributed by atoms with Gasteiger partial charge in [0.15, 0.2) is 0 Å². The molecule has 0 saturated carbocycles. The van der Waals surface area contributed by atoms with Crippen molar-refractivity contribution in [2.45, 2.75) is 25.9 Å². The summed E-state index contributed by atoms with van der Waals surface area (Å²) in [5.74, 6) is 0.887. The fourth-order valence-corrected chi connectivity index (χ4v) is 3.27. The smallest absolute Gasteiger partial charge is 0.245 e. The predicted octanol–water partition coefficient (Wildman–Crippen LogP) is 2.73. The molecule has 1 unspecified atom stereocenters. The van der Waals surface area contributed by atoms with E-state index in [4.69, 9.17) is 5.73 Å². The fraction of sp³-hybridized carbons (Fsp3) is 0.250. The Morgan fingerprint density at radius 3 is 2.73 bits per heavy atom. The summed E-state index contributed by atoms with van der Waals surface area (Å²) < 4.78 is 0. The average Bonchev–Trinajstić information content (AvgIpc) is 2.97. The molecule has 26 heavy (non-hydrogen) atoms. The molecule has 0 radical (unpaired) electrons. The molecular weight excluding hydrogens is 326 g/mol. The second kappa shape index (κ2) is 6.63. The van der Waals surface area contributed by atoms with E-state index in [0.29, 0.717) is 24.9 Å². The molecule has 1 amide bonds. The Hall–Kier alpha value is -3.15. The number of benzene rings is 2. The molecule has 0 bridgehead atoms. The number of rotatable bonds is 4. The Kier molecular flexibility index (Phi) is 4.16. The van der Waals surface area contributed by atoms with E-state index in [1.165, 1.54) is 5.56 Å². The first-order chi connectivity index (χ1) is 12.6. The Morgan fingerprint density at radius 1 is 1.15 bits per heavy atom. The van der Waals surface area contributed by atoms with E-state index in [9.17, 15) is 4.79 Å². The van der Waals surface area contributed by atoms with Gasteiger partial charge < -0.3 is 16.0 Å². The van der Waals surface area contributed by atoms with Gasteiger partial charge in [-0.2, -0.15) is 4.98 Å². The van der Waals surface area contributed by atoms with Gasteiger partial charge in [-0.25, -0.2) is 4.98 Å². The van der Waals surface area contributed by atoms with Gasteiger partial charge >= 0.3 is 0 Å². The first-order valence-electron chi connectivity index (χ1n) is 8.73. The second-order valence-corrected chi connectivity index (χ2v) is 6.68. The number of carbonyl (C=O) groups is 1. The van der Waals surface area contributed by atoms with Crippen LogP contribution in [0.5, 0.6) is 0 Å². The highest BCUT2D eigenvalue weighted by Crippen LogP contribution is 2.22. The Labute approximate surface area is 152 Å². The van der Waals surface area contributed by atoms with E-state index in [-0.39, 0.29) is 11.9 Å². The highest BCUT2D eigenvalue weighted by molar-refractivity contribution is 5.90. The van der Waals surface area contributed by atoms with E-state index < -0.39 is 0 Å². The number of aryl methyl sites for hydroxylation is 1. The lowest BCUT2D eigenvalue weighted by atomic mass is 10.1. The van der Waals surface area contributed by atoms with Crippen molar-refractivity contribution in [1.29, 1.82) is 0 Å². The number of likely N-dealkylation sites (tertiary alicyclic amines) is 1. The third kappa shape index (κ3) is 3.18. The Balaban J connectivity index is 1.48. The SMILES string of the molecule is Cc1ccc(CN2CCC(Nc3nc(N)c4ccccc4n3)C2=O)cc1. The molecule has 1 atom stereocenters. The second-order valence-electron chi connectivity index (χ2n) is 6.68. The normalized spacial score (nSPS) is 17.0. The summed E-state index contributed by atoms with van der Waals surface area (Å²) in [7, 11) is 0. The first-order valence-corrected chi connectivity index (χ1v) is 8.73. The van der Waals surface area contributed by atoms with E-state index in [1.807, 2.05) is 29.2 Å². The molecule has 6 heteroatoms. The molecule has 2 heterocycles. The van der Waals surface area contributed by atoms with Crippen LogP contribution in [-0.2, 0) is 11.3 Å². The van der Waals surface area contributed by atoms with Crippen molar-refractivity contribution < 1.29 is 4.79 Å². The topological polar surface area (TPSA) is 84.1 Å². The van der Waals surface area contributed by atoms with Gasteiger partial charge in [-0.3, -0.25) is 4.79 Å². The van der Waals surface area contributed by atoms with Crippen LogP contribution in [0.2, 0.25) is 0 Å². The van der Waals surface area contributed by atoms with Crippen molar-refractivity contribution in [1.82, 2.24) is 14.9 Å². The van der Waals surface area contributed by atoms with E-state index in [0.717, 1.165) is 22.9 Å². The summed E-state index contributed by atoms with van der Waals surface area (Å²) in [6, 6.07) is 15.5. The minimum Gasteiger partial charge on any atom is -0.383 e. The van der Waals surface area contributed by atoms with Gasteiger partial charge in [-0.05, 0) is 31.0 Å². The number of nitrogens with zero attached hydrogens (tertiary/aromatic N) is 3. The van der Waals surface area contributed by atoms with Crippen LogP contribution in [-0.4, -0.2) is 33.4 Å². The molecule has 2 aromatic carbocycles. The summed E-state index contributed by atoms with van der Waals surface area (Å²) in [5, 5.41) is 3.97. The maximum atomic E-state index is 12.7. The fourth-order valence-electron chi connectivity index (χ4n) is 3.27. The molecule has 1 aromatic heterocycles. The van der Waals surface area contributed by atoms with Gasteiger partial charge in [-0.1, -0.05) is 42.0 Å². The quantitative estimate of drug-likeness (QED) is 0.758. The van der Waals surface area contributed by atoms with Crippen LogP contribution >= 0.6 is 0 Å². The lowest BCUT2D eigenvalue weighted by Crippen LogP contribution is -2.33. The third-order valence-corrected chi connectivity index (χ3v) is 4.73. The standard InChI is InChI=1S/C20H21N5O/c1-13-6-8-14(9-7-13)12-25-11-10-17(19(25)26)23-20-22-16-5-3-2-4-15(16)18(21)24-20/h2-9,17H,10-12H2,1H3,(H3,21,22,23,24). The van der Waals surface area contributed by atoms with Crippen molar-refractivity contribution in [3.05, 3.63) is 59.7 Å². The highest BCUT2D eigenvalue weighted by atomic mass is 16.2. The molecule has 6 nitrogen and oxygen atoms in total. The number of hydrogen-bond donors (Lipinski definition) is 2. The summed E-state index contributed by atoms with van der Waals surface area (Å²) in [6.45, 7) is 3.39. The van der Waals surface area contributed by atoms with E-state index >= 15 is 0 Å². The summed E-state index contributed by atoms with van der Waals surface area (Å²) in [5.41, 5.74) is 9.14. The molecule has 1 aliphatic rings. The van der Waals surface area contributed by atoms with Gasteiger partial charge in [0.1, 0.15) is 11.9 Å². The van der Waals surface area contributed by atoms with E-state index in [1.54, 1.807) is 0 Å². The van der Waals surface area contributed by atoms with Crippen molar-refractivity contribution >= 4 is 28.6 Å². The number of fused-ring (bicyclic) bond motifs is 1. The number of carbonyl (C=O) groups excluding carboxylic acids is 1. The summed E-state index contributed by atoms with van der Waals surface area (Å²) in [4.78, 5) is 23.4. The average molecular weight is 347 g/mol. The van der Waals surface area contributed by atoms with Gasteiger partial charge in [0.2, 0.25) is 11.9 Å². The van der Waals surface area contributed by atoms with Gasteiger partial charge in [-0.15, -0.1) is 0 Å². The van der Waals surface area contributed by atoms with Crippen LogP contribution in [0.15, 0.2) is 48.5 Å². The third-order valence-electron chi connectivity index (χ3n) is 4.73. The number of nitrogens with one attached hydrogen (secondary N) is 1. The van der Waals surface area contributed by atoms with Gasteiger partial charge in [0.25, 0.3) is 0 Å². The van der Waals surface area contributed by atoms with Crippen molar-refractivity contribution in [3.8, 4) is 0 Å². The molecule has 1 saturated heterocycles. The number of hydrogen-bond acceptors (Lipinski definition) is 5. The van der Waals surface area contributed by atoms with Gasteiger partial charge in [0.05, 0.1) is 5.52 Å². The Morgan fingerprint density at radius 2 is 1.92 bits per heavy atom. The van der Waals surface area contributed by atoms with Crippen LogP contribution in [0.1, 0.15) is 17.5 Å². The van der Waals surface area contributed by atoms with Gasteiger partial charge in [0, 0.05) is 18.5 Å². The molecule has 3 N–H and O–H groups in total. The van der Waals surface area contributed by atoms with Crippen LogP contribution < -0.4 is 11.1 Å². The number of aromatic nitrogens is 2. The number of anilines is 2. The summed E-state index contributed by atoms with van der Waals surface area (Å²) >= 11 is 0. The monoisotopic (exact) mass is 347 g/mol. The minimum absolute atomic E-state index is 0.0703. The highest BCUT2D eigenvalue weighted by Gasteiger charge is 2.32. The van der Waals surface area contributed by atoms with E-state index in [2.05, 4.69) is 46.5 Å². The lowest BCUT2D eigenvalue weighted by Gasteiger charge is -2.17. The molecular formula is C20H21N5O. The molecule has 3 aromatic rings. The van der Waals surface area contributed by atoms with Crippen LogP contribution in [0.3, 0.4) is 0 Å². The van der Waals surface area contributed by atoms with Crippen LogP contribution in [0.4, 0.5) is 11.8 Å². The van der Waals surface area contributed by atoms with Crippen LogP contribution in [0, 0.1) is 6.92 Å². The maximum absolute atomic E-state index is 12.7. The lowest BCUT2D eigenvalue weighted by molar-refractivity contribution is -0.128. The molecule has 1 fully saturated rings. The van der Waals surface area contributed by atoms with Crippen molar-refractivity contribution in [3.63, 3.8) is 0 Å². The molecule has 1 aliphatic heterocycles. The summed E-state index contributed by atoms with van der Waals surface area (Å²) in [6.07, 6.45) is 0.723. The zero-order valence-corrected chi connectivity index (χ0v) is 14.6. The van der Waals surface area contributed by atoms with Crippen LogP contribution in [0.25, 0.3) is 10.9 Å². The zero-order valence-electron chi connectivity index (χ0n) is 14.6. The first kappa shape index (κ1) is 16.3. The Bertz CT molecular complexity index is 954. The molecule has 0 spiro atoms.